The highest BCUT2D eigenvalue weighted by Gasteiger charge is 2.20. The minimum absolute atomic E-state index is 0.112. The predicted octanol–water partition coefficient (Wildman–Crippen LogP) is 3.37. The topological polar surface area (TPSA) is 115 Å². The fraction of sp³-hybridized carbons (Fsp3) is 0.133. The number of amides is 1. The van der Waals surface area contributed by atoms with E-state index in [2.05, 4.69) is 5.32 Å². The maximum absolute atomic E-state index is 12.3. The molecule has 0 heterocycles. The molecule has 23 heavy (non-hydrogen) atoms. The van der Waals surface area contributed by atoms with Gasteiger partial charge in [-0.25, -0.2) is 0 Å². The molecule has 0 radical (unpaired) electrons. The number of hydrogen-bond donors (Lipinski definition) is 1. The molecule has 0 atom stereocenters. The molecular weight excluding hydrogens is 302 g/mol. The molecule has 0 bridgehead atoms. The molecule has 0 unspecified atom stereocenters. The van der Waals surface area contributed by atoms with Crippen LogP contribution in [-0.4, -0.2) is 15.8 Å². The number of carbonyl (C=O) groups excluding carboxylic acids is 1. The summed E-state index contributed by atoms with van der Waals surface area (Å²) in [7, 11) is 0. The molecule has 2 aromatic carbocycles. The molecule has 8 heteroatoms. The van der Waals surface area contributed by atoms with Gasteiger partial charge in [0.05, 0.1) is 21.1 Å². The average Bonchev–Trinajstić information content (AvgIpc) is 2.48. The molecule has 8 nitrogen and oxygen atoms in total. The summed E-state index contributed by atoms with van der Waals surface area (Å²) in [5.41, 5.74) is 0.708. The number of hydrogen-bond acceptors (Lipinski definition) is 5. The SMILES string of the molecule is Cc1c(NC(=O)c2cccc([N+](=O)[O-])c2C)cccc1[N+](=O)[O-]. The quantitative estimate of drug-likeness (QED) is 0.686. The number of nitrogens with one attached hydrogen (secondary N) is 1. The second-order valence-corrected chi connectivity index (χ2v) is 4.87. The van der Waals surface area contributed by atoms with Crippen molar-refractivity contribution in [2.75, 3.05) is 5.32 Å². The molecule has 1 N–H and O–H groups in total. The summed E-state index contributed by atoms with van der Waals surface area (Å²) in [6.45, 7) is 3.00. The summed E-state index contributed by atoms with van der Waals surface area (Å²) in [5, 5.41) is 24.4. The Labute approximate surface area is 131 Å². The molecule has 2 rings (SSSR count). The van der Waals surface area contributed by atoms with Crippen LogP contribution in [0.15, 0.2) is 36.4 Å². The van der Waals surface area contributed by atoms with Crippen molar-refractivity contribution in [2.45, 2.75) is 13.8 Å². The maximum atomic E-state index is 12.3. The number of carbonyl (C=O) groups is 1. The number of rotatable bonds is 4. The maximum Gasteiger partial charge on any atom is 0.274 e. The summed E-state index contributed by atoms with van der Waals surface area (Å²) < 4.78 is 0. The average molecular weight is 315 g/mol. The van der Waals surface area contributed by atoms with Crippen LogP contribution in [-0.2, 0) is 0 Å². The number of benzene rings is 2. The van der Waals surface area contributed by atoms with Gasteiger partial charge in [-0.15, -0.1) is 0 Å². The lowest BCUT2D eigenvalue weighted by atomic mass is 10.1. The lowest BCUT2D eigenvalue weighted by Crippen LogP contribution is -2.15. The van der Waals surface area contributed by atoms with Gasteiger partial charge in [-0.2, -0.15) is 0 Å². The van der Waals surface area contributed by atoms with Crippen LogP contribution in [0.2, 0.25) is 0 Å². The molecule has 1 amide bonds. The molecule has 0 saturated carbocycles. The molecule has 118 valence electrons. The van der Waals surface area contributed by atoms with Crippen molar-refractivity contribution in [3.05, 3.63) is 73.3 Å². The highest BCUT2D eigenvalue weighted by Crippen LogP contribution is 2.27. The van der Waals surface area contributed by atoms with E-state index >= 15 is 0 Å². The van der Waals surface area contributed by atoms with E-state index in [1.54, 1.807) is 0 Å². The molecule has 0 spiro atoms. The van der Waals surface area contributed by atoms with Gasteiger partial charge in [0.1, 0.15) is 0 Å². The second kappa shape index (κ2) is 6.22. The van der Waals surface area contributed by atoms with E-state index in [0.717, 1.165) is 0 Å². The normalized spacial score (nSPS) is 10.2. The third-order valence-corrected chi connectivity index (χ3v) is 3.50. The van der Waals surface area contributed by atoms with Gasteiger partial charge in [0.25, 0.3) is 17.3 Å². The van der Waals surface area contributed by atoms with Gasteiger partial charge in [-0.3, -0.25) is 25.0 Å². The molecule has 0 aromatic heterocycles. The van der Waals surface area contributed by atoms with E-state index in [0.29, 0.717) is 5.56 Å². The summed E-state index contributed by atoms with van der Waals surface area (Å²) in [5.74, 6) is -0.560. The van der Waals surface area contributed by atoms with Gasteiger partial charge in [0.15, 0.2) is 0 Å². The Morgan fingerprint density at radius 1 is 0.913 bits per heavy atom. The fourth-order valence-corrected chi connectivity index (χ4v) is 2.21. The van der Waals surface area contributed by atoms with E-state index in [9.17, 15) is 25.0 Å². The molecule has 0 fully saturated rings. The van der Waals surface area contributed by atoms with Crippen LogP contribution in [0.4, 0.5) is 17.1 Å². The zero-order valence-corrected chi connectivity index (χ0v) is 12.4. The third-order valence-electron chi connectivity index (χ3n) is 3.50. The van der Waals surface area contributed by atoms with Crippen molar-refractivity contribution >= 4 is 23.0 Å². The summed E-state index contributed by atoms with van der Waals surface area (Å²) >= 11 is 0. The van der Waals surface area contributed by atoms with E-state index < -0.39 is 15.8 Å². The van der Waals surface area contributed by atoms with Gasteiger partial charge in [-0.1, -0.05) is 12.1 Å². The molecule has 0 aliphatic rings. The number of nitrogens with zero attached hydrogens (tertiary/aromatic N) is 2. The first kappa shape index (κ1) is 16.1. The van der Waals surface area contributed by atoms with Gasteiger partial charge in [0.2, 0.25) is 0 Å². The van der Waals surface area contributed by atoms with Gasteiger partial charge in [0, 0.05) is 23.3 Å². The standard InChI is InChI=1S/C15H13N3O5/c1-9-11(5-3-7-13(9)17(20)21)15(19)16-12-6-4-8-14(10(12)2)18(22)23/h3-8H,1-2H3,(H,16,19). The van der Waals surface area contributed by atoms with Gasteiger partial charge in [-0.05, 0) is 26.0 Å². The highest BCUT2D eigenvalue weighted by atomic mass is 16.6. The Hall–Kier alpha value is -3.29. The summed E-state index contributed by atoms with van der Waals surface area (Å²) in [6, 6.07) is 8.52. The van der Waals surface area contributed by atoms with Crippen LogP contribution in [0.1, 0.15) is 21.5 Å². The first-order chi connectivity index (χ1) is 10.8. The van der Waals surface area contributed by atoms with Crippen molar-refractivity contribution in [3.8, 4) is 0 Å². The number of nitro groups is 2. The number of anilines is 1. The van der Waals surface area contributed by atoms with Crippen LogP contribution in [0.3, 0.4) is 0 Å². The minimum Gasteiger partial charge on any atom is -0.321 e. The Balaban J connectivity index is 2.38. The number of nitro benzene ring substituents is 2. The van der Waals surface area contributed by atoms with Crippen LogP contribution in [0.25, 0.3) is 0 Å². The zero-order chi connectivity index (χ0) is 17.1. The van der Waals surface area contributed by atoms with E-state index in [-0.39, 0.29) is 28.2 Å². The van der Waals surface area contributed by atoms with E-state index in [1.807, 2.05) is 0 Å². The van der Waals surface area contributed by atoms with Gasteiger partial charge < -0.3 is 5.32 Å². The van der Waals surface area contributed by atoms with Gasteiger partial charge >= 0.3 is 0 Å². The molecular formula is C15H13N3O5. The molecule has 0 aliphatic carbocycles. The summed E-state index contributed by atoms with van der Waals surface area (Å²) in [4.78, 5) is 33.1. The Morgan fingerprint density at radius 2 is 1.43 bits per heavy atom. The third kappa shape index (κ3) is 3.15. The Bertz CT molecular complexity index is 817. The molecule has 0 aliphatic heterocycles. The van der Waals surface area contributed by atoms with Crippen LogP contribution >= 0.6 is 0 Å². The van der Waals surface area contributed by atoms with Crippen LogP contribution in [0, 0.1) is 34.1 Å². The summed E-state index contributed by atoms with van der Waals surface area (Å²) in [6.07, 6.45) is 0. The molecule has 2 aromatic rings. The first-order valence-electron chi connectivity index (χ1n) is 6.62. The smallest absolute Gasteiger partial charge is 0.274 e. The van der Waals surface area contributed by atoms with E-state index in [4.69, 9.17) is 0 Å². The Morgan fingerprint density at radius 3 is 2.00 bits per heavy atom. The van der Waals surface area contributed by atoms with E-state index in [1.165, 1.54) is 50.2 Å². The zero-order valence-electron chi connectivity index (χ0n) is 12.4. The fourth-order valence-electron chi connectivity index (χ4n) is 2.21. The minimum atomic E-state index is -0.565. The lowest BCUT2D eigenvalue weighted by molar-refractivity contribution is -0.385. The van der Waals surface area contributed by atoms with Crippen LogP contribution < -0.4 is 5.32 Å². The lowest BCUT2D eigenvalue weighted by Gasteiger charge is -2.10. The highest BCUT2D eigenvalue weighted by molar-refractivity contribution is 6.06. The van der Waals surface area contributed by atoms with Crippen LogP contribution in [0.5, 0.6) is 0 Å². The van der Waals surface area contributed by atoms with Crippen molar-refractivity contribution in [3.63, 3.8) is 0 Å². The van der Waals surface area contributed by atoms with Crippen molar-refractivity contribution in [1.82, 2.24) is 0 Å². The first-order valence-corrected chi connectivity index (χ1v) is 6.62. The monoisotopic (exact) mass is 315 g/mol. The van der Waals surface area contributed by atoms with Crippen molar-refractivity contribution in [2.24, 2.45) is 0 Å². The predicted molar refractivity (Wildman–Crippen MR) is 83.6 cm³/mol. The Kier molecular flexibility index (Phi) is 4.35. The molecule has 0 saturated heterocycles. The van der Waals surface area contributed by atoms with Crippen molar-refractivity contribution < 1.29 is 14.6 Å². The van der Waals surface area contributed by atoms with Crippen molar-refractivity contribution in [1.29, 1.82) is 0 Å². The second-order valence-electron chi connectivity index (χ2n) is 4.87. The largest absolute Gasteiger partial charge is 0.321 e.